The molecule has 122 valence electrons. The number of hydrogen-bond acceptors (Lipinski definition) is 4. The van der Waals surface area contributed by atoms with Gasteiger partial charge in [0, 0.05) is 16.9 Å². The van der Waals surface area contributed by atoms with E-state index in [4.69, 9.17) is 4.74 Å². The highest BCUT2D eigenvalue weighted by Crippen LogP contribution is 2.26. The number of nitrogens with one attached hydrogen (secondary N) is 1. The molecule has 0 atom stereocenters. The number of amides is 1. The van der Waals surface area contributed by atoms with E-state index in [-0.39, 0.29) is 17.1 Å². The molecule has 0 radical (unpaired) electrons. The first-order valence-electron chi connectivity index (χ1n) is 7.08. The van der Waals surface area contributed by atoms with Crippen LogP contribution in [0.5, 0.6) is 5.75 Å². The van der Waals surface area contributed by atoms with Crippen LogP contribution in [-0.2, 0) is 10.2 Å². The van der Waals surface area contributed by atoms with Gasteiger partial charge in [-0.15, -0.1) is 11.3 Å². The Labute approximate surface area is 139 Å². The fraction of sp³-hybridized carbons (Fsp3) is 0.294. The second-order valence-corrected chi connectivity index (χ2v) is 6.86. The lowest BCUT2D eigenvalue weighted by atomic mass is 9.93. The summed E-state index contributed by atoms with van der Waals surface area (Å²) in [5, 5.41) is 5.18. The highest BCUT2D eigenvalue weighted by molar-refractivity contribution is 7.14. The summed E-state index contributed by atoms with van der Waals surface area (Å²) >= 11 is 1.38. The van der Waals surface area contributed by atoms with Gasteiger partial charge in [0.25, 0.3) is 0 Å². The first-order valence-corrected chi connectivity index (χ1v) is 7.96. The number of hydrogen-bond donors (Lipinski definition) is 1. The van der Waals surface area contributed by atoms with Crippen LogP contribution in [0.4, 0.5) is 9.52 Å². The Morgan fingerprint density at radius 1 is 1.39 bits per heavy atom. The van der Waals surface area contributed by atoms with E-state index in [2.05, 4.69) is 31.1 Å². The minimum absolute atomic E-state index is 0.0596. The Kier molecular flexibility index (Phi) is 5.15. The zero-order chi connectivity index (χ0) is 17.0. The molecule has 0 bridgehead atoms. The summed E-state index contributed by atoms with van der Waals surface area (Å²) in [5.74, 6) is -0.607. The van der Waals surface area contributed by atoms with Crippen molar-refractivity contribution < 1.29 is 13.9 Å². The van der Waals surface area contributed by atoms with Crippen molar-refractivity contribution in [1.82, 2.24) is 4.98 Å². The quantitative estimate of drug-likeness (QED) is 0.851. The SMILES string of the molecule is COc1ccc(/C=C/C(=O)Nc2nc(C(C)(C)C)cs2)cc1F. The summed E-state index contributed by atoms with van der Waals surface area (Å²) in [5.41, 5.74) is 1.45. The average Bonchev–Trinajstić information content (AvgIpc) is 2.94. The van der Waals surface area contributed by atoms with Crippen LogP contribution >= 0.6 is 11.3 Å². The predicted molar refractivity (Wildman–Crippen MR) is 91.4 cm³/mol. The normalized spacial score (nSPS) is 11.7. The summed E-state index contributed by atoms with van der Waals surface area (Å²) in [4.78, 5) is 16.3. The van der Waals surface area contributed by atoms with Gasteiger partial charge >= 0.3 is 0 Å². The van der Waals surface area contributed by atoms with E-state index in [0.29, 0.717) is 10.7 Å². The van der Waals surface area contributed by atoms with Crippen molar-refractivity contribution in [2.24, 2.45) is 0 Å². The topological polar surface area (TPSA) is 51.2 Å². The maximum atomic E-state index is 13.6. The minimum atomic E-state index is -0.468. The summed E-state index contributed by atoms with van der Waals surface area (Å²) < 4.78 is 18.4. The van der Waals surface area contributed by atoms with Gasteiger partial charge in [-0.25, -0.2) is 9.37 Å². The van der Waals surface area contributed by atoms with E-state index < -0.39 is 5.82 Å². The maximum Gasteiger partial charge on any atom is 0.250 e. The molecule has 1 N–H and O–H groups in total. The van der Waals surface area contributed by atoms with Crippen molar-refractivity contribution in [2.75, 3.05) is 12.4 Å². The van der Waals surface area contributed by atoms with Crippen LogP contribution in [0, 0.1) is 5.82 Å². The lowest BCUT2D eigenvalue weighted by Crippen LogP contribution is -2.12. The molecular formula is C17H19FN2O2S. The third-order valence-corrected chi connectivity index (χ3v) is 3.86. The van der Waals surface area contributed by atoms with E-state index in [0.717, 1.165) is 5.69 Å². The van der Waals surface area contributed by atoms with E-state index in [1.165, 1.54) is 42.7 Å². The Hall–Kier alpha value is -2.21. The smallest absolute Gasteiger partial charge is 0.250 e. The first kappa shape index (κ1) is 17.1. The number of anilines is 1. The van der Waals surface area contributed by atoms with Gasteiger partial charge in [-0.3, -0.25) is 10.1 Å². The molecule has 23 heavy (non-hydrogen) atoms. The number of carbonyl (C=O) groups excluding carboxylic acids is 1. The van der Waals surface area contributed by atoms with Crippen LogP contribution in [0.3, 0.4) is 0 Å². The molecule has 4 nitrogen and oxygen atoms in total. The maximum absolute atomic E-state index is 13.6. The van der Waals surface area contributed by atoms with Crippen LogP contribution in [0.1, 0.15) is 32.0 Å². The van der Waals surface area contributed by atoms with Crippen molar-refractivity contribution >= 4 is 28.5 Å². The molecule has 0 saturated heterocycles. The largest absolute Gasteiger partial charge is 0.494 e. The molecule has 6 heteroatoms. The lowest BCUT2D eigenvalue weighted by molar-refractivity contribution is -0.111. The standard InChI is InChI=1S/C17H19FN2O2S/c1-17(2,3)14-10-23-16(19-14)20-15(21)8-6-11-5-7-13(22-4)12(18)9-11/h5-10H,1-4H3,(H,19,20,21)/b8-6+. The molecule has 0 aliphatic rings. The summed E-state index contributed by atoms with van der Waals surface area (Å²) in [6, 6.07) is 4.50. The van der Waals surface area contributed by atoms with Crippen molar-refractivity contribution in [3.63, 3.8) is 0 Å². The second-order valence-electron chi connectivity index (χ2n) is 6.00. The minimum Gasteiger partial charge on any atom is -0.494 e. The molecular weight excluding hydrogens is 315 g/mol. The summed E-state index contributed by atoms with van der Waals surface area (Å²) in [6.07, 6.45) is 2.88. The van der Waals surface area contributed by atoms with Gasteiger partial charge in [0.2, 0.25) is 5.91 Å². The van der Waals surface area contributed by atoms with Crippen molar-refractivity contribution in [1.29, 1.82) is 0 Å². The molecule has 0 aliphatic carbocycles. The van der Waals surface area contributed by atoms with Gasteiger partial charge in [0.1, 0.15) is 0 Å². The van der Waals surface area contributed by atoms with E-state index in [1.807, 2.05) is 5.38 Å². The molecule has 2 rings (SSSR count). The number of aromatic nitrogens is 1. The number of ether oxygens (including phenoxy) is 1. The lowest BCUT2D eigenvalue weighted by Gasteiger charge is -2.14. The van der Waals surface area contributed by atoms with E-state index in [9.17, 15) is 9.18 Å². The summed E-state index contributed by atoms with van der Waals surface area (Å²) in [6.45, 7) is 6.18. The molecule has 0 aliphatic heterocycles. The predicted octanol–water partition coefficient (Wildman–Crippen LogP) is 4.24. The zero-order valence-electron chi connectivity index (χ0n) is 13.5. The third-order valence-electron chi connectivity index (χ3n) is 3.11. The molecule has 0 unspecified atom stereocenters. The Balaban J connectivity index is 2.02. The van der Waals surface area contributed by atoms with Crippen molar-refractivity contribution in [2.45, 2.75) is 26.2 Å². The Morgan fingerprint density at radius 3 is 2.70 bits per heavy atom. The molecule has 1 aromatic heterocycles. The fourth-order valence-corrected chi connectivity index (χ4v) is 2.72. The van der Waals surface area contributed by atoms with Gasteiger partial charge in [-0.1, -0.05) is 26.8 Å². The number of methoxy groups -OCH3 is 1. The number of benzene rings is 1. The molecule has 0 saturated carbocycles. The van der Waals surface area contributed by atoms with Crippen LogP contribution in [0.2, 0.25) is 0 Å². The zero-order valence-corrected chi connectivity index (χ0v) is 14.3. The molecule has 1 heterocycles. The molecule has 1 amide bonds. The van der Waals surface area contributed by atoms with Gasteiger partial charge < -0.3 is 4.74 Å². The fourth-order valence-electron chi connectivity index (χ4n) is 1.78. The monoisotopic (exact) mass is 334 g/mol. The van der Waals surface area contributed by atoms with Crippen molar-refractivity contribution in [3.05, 3.63) is 46.7 Å². The highest BCUT2D eigenvalue weighted by atomic mass is 32.1. The Bertz CT molecular complexity index is 732. The highest BCUT2D eigenvalue weighted by Gasteiger charge is 2.17. The third kappa shape index (κ3) is 4.63. The number of thiazole rings is 1. The number of rotatable bonds is 4. The van der Waals surface area contributed by atoms with Gasteiger partial charge in [0.05, 0.1) is 12.8 Å². The number of halogens is 1. The van der Waals surface area contributed by atoms with Gasteiger partial charge in [0.15, 0.2) is 16.7 Å². The molecule has 1 aromatic carbocycles. The van der Waals surface area contributed by atoms with E-state index >= 15 is 0 Å². The van der Waals surface area contributed by atoms with Crippen LogP contribution in [0.25, 0.3) is 6.08 Å². The number of nitrogens with zero attached hydrogens (tertiary/aromatic N) is 1. The van der Waals surface area contributed by atoms with Gasteiger partial charge in [-0.05, 0) is 23.8 Å². The second kappa shape index (κ2) is 6.91. The van der Waals surface area contributed by atoms with Gasteiger partial charge in [-0.2, -0.15) is 0 Å². The number of carbonyl (C=O) groups is 1. The first-order chi connectivity index (χ1) is 10.8. The summed E-state index contributed by atoms with van der Waals surface area (Å²) in [7, 11) is 1.40. The van der Waals surface area contributed by atoms with Crippen LogP contribution in [-0.4, -0.2) is 18.0 Å². The Morgan fingerprint density at radius 2 is 2.13 bits per heavy atom. The van der Waals surface area contributed by atoms with E-state index in [1.54, 1.807) is 6.07 Å². The van der Waals surface area contributed by atoms with Crippen LogP contribution in [0.15, 0.2) is 29.7 Å². The average molecular weight is 334 g/mol. The molecule has 2 aromatic rings. The molecule has 0 spiro atoms. The van der Waals surface area contributed by atoms with Crippen molar-refractivity contribution in [3.8, 4) is 5.75 Å². The molecule has 0 fully saturated rings. The van der Waals surface area contributed by atoms with Crippen LogP contribution < -0.4 is 10.1 Å².